The highest BCUT2D eigenvalue weighted by Gasteiger charge is 2.28. The Morgan fingerprint density at radius 1 is 0.773 bits per heavy atom. The molecule has 1 heterocycles. The average Bonchev–Trinajstić information content (AvgIpc) is 2.82. The molecule has 3 aromatic rings. The lowest BCUT2D eigenvalue weighted by Gasteiger charge is -2.08. The van der Waals surface area contributed by atoms with E-state index < -0.39 is 34.6 Å². The van der Waals surface area contributed by atoms with E-state index in [1.807, 2.05) is 0 Å². The summed E-state index contributed by atoms with van der Waals surface area (Å²) >= 11 is 0. The van der Waals surface area contributed by atoms with Crippen LogP contribution in [-0.4, -0.2) is 4.98 Å². The number of H-pyrrole nitrogens is 1. The smallest absolute Gasteiger partial charge is 0.200 e. The number of hydrogen-bond acceptors (Lipinski definition) is 0. The molecule has 0 radical (unpaired) electrons. The highest BCUT2D eigenvalue weighted by atomic mass is 19.2. The molecule has 22 heavy (non-hydrogen) atoms. The fraction of sp³-hybridized carbons (Fsp3) is 0.125. The minimum absolute atomic E-state index is 0.114. The van der Waals surface area contributed by atoms with Gasteiger partial charge in [0, 0.05) is 10.9 Å². The lowest BCUT2D eigenvalue weighted by atomic mass is 10.0. The van der Waals surface area contributed by atoms with Crippen molar-refractivity contribution in [2.75, 3.05) is 0 Å². The van der Waals surface area contributed by atoms with Gasteiger partial charge in [0.2, 0.25) is 5.82 Å². The van der Waals surface area contributed by atoms with Crippen LogP contribution in [0.15, 0.2) is 18.2 Å². The lowest BCUT2D eigenvalue weighted by Crippen LogP contribution is -2.04. The summed E-state index contributed by atoms with van der Waals surface area (Å²) in [5.41, 5.74) is 0.774. The zero-order valence-corrected chi connectivity index (χ0v) is 11.6. The second kappa shape index (κ2) is 4.83. The van der Waals surface area contributed by atoms with E-state index in [1.54, 1.807) is 32.0 Å². The molecule has 6 heteroatoms. The van der Waals surface area contributed by atoms with Crippen LogP contribution in [0.1, 0.15) is 11.1 Å². The van der Waals surface area contributed by atoms with Crippen LogP contribution in [-0.2, 0) is 0 Å². The summed E-state index contributed by atoms with van der Waals surface area (Å²) in [6.45, 7) is 3.37. The van der Waals surface area contributed by atoms with Crippen molar-refractivity contribution in [2.45, 2.75) is 13.8 Å². The van der Waals surface area contributed by atoms with Crippen LogP contribution < -0.4 is 0 Å². The van der Waals surface area contributed by atoms with Gasteiger partial charge in [0.15, 0.2) is 23.3 Å². The van der Waals surface area contributed by atoms with Crippen molar-refractivity contribution in [3.8, 4) is 11.3 Å². The first-order valence-corrected chi connectivity index (χ1v) is 6.44. The quantitative estimate of drug-likeness (QED) is 0.363. The highest BCUT2D eigenvalue weighted by Crippen LogP contribution is 2.36. The molecular weight excluding hydrogens is 301 g/mol. The predicted molar refractivity (Wildman–Crippen MR) is 73.0 cm³/mol. The summed E-state index contributed by atoms with van der Waals surface area (Å²) in [4.78, 5) is 2.74. The Morgan fingerprint density at radius 2 is 1.32 bits per heavy atom. The van der Waals surface area contributed by atoms with E-state index in [1.165, 1.54) is 0 Å². The number of aromatic nitrogens is 1. The highest BCUT2D eigenvalue weighted by molar-refractivity contribution is 5.93. The van der Waals surface area contributed by atoms with E-state index in [0.29, 0.717) is 16.5 Å². The van der Waals surface area contributed by atoms with Crippen molar-refractivity contribution in [1.82, 2.24) is 4.98 Å². The molecular formula is C16H10F5N. The number of fused-ring (bicyclic) bond motifs is 1. The van der Waals surface area contributed by atoms with E-state index in [9.17, 15) is 22.0 Å². The number of halogens is 5. The van der Waals surface area contributed by atoms with E-state index in [0.717, 1.165) is 5.56 Å². The van der Waals surface area contributed by atoms with Crippen LogP contribution in [0, 0.1) is 42.9 Å². The Hall–Kier alpha value is -2.37. The molecule has 0 saturated heterocycles. The van der Waals surface area contributed by atoms with Crippen LogP contribution in [0.25, 0.3) is 22.2 Å². The van der Waals surface area contributed by atoms with Crippen LogP contribution in [0.2, 0.25) is 0 Å². The molecule has 0 spiro atoms. The Morgan fingerprint density at radius 3 is 1.86 bits per heavy atom. The summed E-state index contributed by atoms with van der Waals surface area (Å²) in [6, 6.07) is 5.20. The molecule has 2 aromatic carbocycles. The second-order valence-corrected chi connectivity index (χ2v) is 5.07. The van der Waals surface area contributed by atoms with Crippen molar-refractivity contribution in [1.29, 1.82) is 0 Å². The molecule has 1 nitrogen and oxygen atoms in total. The van der Waals surface area contributed by atoms with Crippen molar-refractivity contribution in [3.63, 3.8) is 0 Å². The number of aryl methyl sites for hydroxylation is 2. The monoisotopic (exact) mass is 311 g/mol. The maximum absolute atomic E-state index is 14.0. The first-order valence-electron chi connectivity index (χ1n) is 6.44. The maximum atomic E-state index is 14.0. The van der Waals surface area contributed by atoms with Crippen LogP contribution in [0.4, 0.5) is 22.0 Å². The number of benzene rings is 2. The Bertz CT molecular complexity index is 882. The number of rotatable bonds is 1. The number of nitrogens with one attached hydrogen (secondary N) is 1. The summed E-state index contributed by atoms with van der Waals surface area (Å²) in [6.07, 6.45) is 0. The normalized spacial score (nSPS) is 11.4. The number of aromatic amines is 1. The van der Waals surface area contributed by atoms with Gasteiger partial charge in [-0.1, -0.05) is 12.1 Å². The Labute approximate surface area is 122 Å². The zero-order chi connectivity index (χ0) is 16.2. The van der Waals surface area contributed by atoms with Crippen molar-refractivity contribution >= 4 is 10.9 Å². The summed E-state index contributed by atoms with van der Waals surface area (Å²) in [5.74, 6) is -9.76. The third kappa shape index (κ3) is 1.83. The van der Waals surface area contributed by atoms with Gasteiger partial charge in [0.1, 0.15) is 0 Å². The standard InChI is InChI=1S/C16H10F5N/c1-6-4-3-5-8-9(6)7(2)16(22-8)10-11(17)13(19)15(21)14(20)12(10)18/h3-5,22H,1-2H3. The fourth-order valence-electron chi connectivity index (χ4n) is 2.70. The minimum Gasteiger partial charge on any atom is -0.354 e. The van der Waals surface area contributed by atoms with E-state index in [4.69, 9.17) is 0 Å². The Balaban J connectivity index is 2.43. The van der Waals surface area contributed by atoms with Gasteiger partial charge in [-0.3, -0.25) is 0 Å². The van der Waals surface area contributed by atoms with Crippen LogP contribution >= 0.6 is 0 Å². The van der Waals surface area contributed by atoms with Gasteiger partial charge < -0.3 is 4.98 Å². The molecule has 0 fully saturated rings. The molecule has 1 N–H and O–H groups in total. The second-order valence-electron chi connectivity index (χ2n) is 5.07. The molecule has 0 amide bonds. The van der Waals surface area contributed by atoms with Crippen LogP contribution in [0.3, 0.4) is 0 Å². The SMILES string of the molecule is Cc1cccc2[nH]c(-c3c(F)c(F)c(F)c(F)c3F)c(C)c12. The van der Waals surface area contributed by atoms with Gasteiger partial charge in [0.05, 0.1) is 11.3 Å². The molecule has 114 valence electrons. The van der Waals surface area contributed by atoms with Gasteiger partial charge in [0.25, 0.3) is 0 Å². The van der Waals surface area contributed by atoms with E-state index in [-0.39, 0.29) is 5.69 Å². The first-order chi connectivity index (χ1) is 10.3. The van der Waals surface area contributed by atoms with E-state index >= 15 is 0 Å². The van der Waals surface area contributed by atoms with E-state index in [2.05, 4.69) is 4.98 Å². The Kier molecular flexibility index (Phi) is 3.20. The van der Waals surface area contributed by atoms with Gasteiger partial charge >= 0.3 is 0 Å². The molecule has 0 saturated carbocycles. The van der Waals surface area contributed by atoms with Crippen molar-refractivity contribution < 1.29 is 22.0 Å². The lowest BCUT2D eigenvalue weighted by molar-refractivity contribution is 0.381. The molecule has 0 aliphatic carbocycles. The third-order valence-electron chi connectivity index (χ3n) is 3.74. The predicted octanol–water partition coefficient (Wildman–Crippen LogP) is 5.15. The van der Waals surface area contributed by atoms with Gasteiger partial charge in [-0.05, 0) is 31.0 Å². The molecule has 0 atom stereocenters. The molecule has 0 aliphatic heterocycles. The maximum Gasteiger partial charge on any atom is 0.200 e. The van der Waals surface area contributed by atoms with Crippen LogP contribution in [0.5, 0.6) is 0 Å². The van der Waals surface area contributed by atoms with Crippen molar-refractivity contribution in [2.24, 2.45) is 0 Å². The summed E-state index contributed by atoms with van der Waals surface area (Å²) < 4.78 is 67.8. The molecule has 1 aromatic heterocycles. The summed E-state index contributed by atoms with van der Waals surface area (Å²) in [5, 5.41) is 0.696. The molecule has 0 bridgehead atoms. The summed E-state index contributed by atoms with van der Waals surface area (Å²) in [7, 11) is 0. The molecule has 0 unspecified atom stereocenters. The molecule has 0 aliphatic rings. The first kappa shape index (κ1) is 14.6. The number of hydrogen-bond donors (Lipinski definition) is 1. The van der Waals surface area contributed by atoms with Crippen molar-refractivity contribution in [3.05, 3.63) is 58.4 Å². The van der Waals surface area contributed by atoms with Gasteiger partial charge in [-0.25, -0.2) is 22.0 Å². The average molecular weight is 311 g/mol. The fourth-order valence-corrected chi connectivity index (χ4v) is 2.70. The molecule has 3 rings (SSSR count). The zero-order valence-electron chi connectivity index (χ0n) is 11.6. The minimum atomic E-state index is -2.16. The topological polar surface area (TPSA) is 15.8 Å². The van der Waals surface area contributed by atoms with Gasteiger partial charge in [-0.2, -0.15) is 0 Å². The van der Waals surface area contributed by atoms with Gasteiger partial charge in [-0.15, -0.1) is 0 Å². The third-order valence-corrected chi connectivity index (χ3v) is 3.74. The largest absolute Gasteiger partial charge is 0.354 e.